The maximum absolute atomic E-state index is 13.0. The molecule has 0 bridgehead atoms. The molecule has 0 heterocycles. The van der Waals surface area contributed by atoms with E-state index in [9.17, 15) is 4.39 Å². The first-order valence-electron chi connectivity index (χ1n) is 9.94. The Balaban J connectivity index is 1.48. The lowest BCUT2D eigenvalue weighted by Crippen LogP contribution is -2.38. The highest BCUT2D eigenvalue weighted by Crippen LogP contribution is 2.36. The zero-order valence-corrected chi connectivity index (χ0v) is 16.4. The fourth-order valence-electron chi connectivity index (χ4n) is 4.12. The minimum atomic E-state index is -0.260. The second-order valence-corrected chi connectivity index (χ2v) is 7.84. The summed E-state index contributed by atoms with van der Waals surface area (Å²) in [5, 5.41) is 3.75. The van der Waals surface area contributed by atoms with E-state index in [1.165, 1.54) is 28.8 Å². The fraction of sp³-hybridized carbons (Fsp3) is 0.280. The molecule has 4 rings (SSSR count). The van der Waals surface area contributed by atoms with Crippen molar-refractivity contribution in [3.8, 4) is 11.5 Å². The molecule has 0 aliphatic heterocycles. The molecular formula is C25H26FNO. The SMILES string of the molecule is CC(C)NC1Cc2ccccc2C1Cc1ccc(Oc2ccc(F)cc2)cc1. The van der Waals surface area contributed by atoms with E-state index >= 15 is 0 Å². The van der Waals surface area contributed by atoms with Crippen molar-refractivity contribution >= 4 is 0 Å². The Hall–Kier alpha value is -2.65. The topological polar surface area (TPSA) is 21.3 Å². The normalized spacial score (nSPS) is 18.3. The van der Waals surface area contributed by atoms with Crippen LogP contribution in [0.15, 0.2) is 72.8 Å². The van der Waals surface area contributed by atoms with Crippen LogP contribution in [-0.2, 0) is 12.8 Å². The van der Waals surface area contributed by atoms with Crippen molar-refractivity contribution < 1.29 is 9.13 Å². The Labute approximate surface area is 166 Å². The summed E-state index contributed by atoms with van der Waals surface area (Å²) in [5.41, 5.74) is 4.22. The Bertz CT molecular complexity index is 918. The molecule has 0 amide bonds. The van der Waals surface area contributed by atoms with Crippen LogP contribution in [0.3, 0.4) is 0 Å². The first kappa shape index (κ1) is 18.7. The summed E-state index contributed by atoms with van der Waals surface area (Å²) < 4.78 is 18.8. The lowest BCUT2D eigenvalue weighted by molar-refractivity contribution is 0.418. The van der Waals surface area contributed by atoms with E-state index in [0.717, 1.165) is 18.6 Å². The molecule has 144 valence electrons. The lowest BCUT2D eigenvalue weighted by atomic mass is 9.90. The molecule has 28 heavy (non-hydrogen) atoms. The zero-order chi connectivity index (χ0) is 19.5. The first-order chi connectivity index (χ1) is 13.6. The van der Waals surface area contributed by atoms with Crippen LogP contribution in [0.5, 0.6) is 11.5 Å². The van der Waals surface area contributed by atoms with Crippen molar-refractivity contribution in [2.45, 2.75) is 44.7 Å². The van der Waals surface area contributed by atoms with Crippen molar-refractivity contribution in [1.82, 2.24) is 5.32 Å². The van der Waals surface area contributed by atoms with Crippen LogP contribution in [0.4, 0.5) is 4.39 Å². The van der Waals surface area contributed by atoms with Gasteiger partial charge in [-0.15, -0.1) is 0 Å². The van der Waals surface area contributed by atoms with Gasteiger partial charge in [-0.2, -0.15) is 0 Å². The highest BCUT2D eigenvalue weighted by molar-refractivity contribution is 5.40. The van der Waals surface area contributed by atoms with Gasteiger partial charge in [0.05, 0.1) is 0 Å². The van der Waals surface area contributed by atoms with Crippen LogP contribution in [0.25, 0.3) is 0 Å². The van der Waals surface area contributed by atoms with Crippen LogP contribution in [-0.4, -0.2) is 12.1 Å². The number of hydrogen-bond donors (Lipinski definition) is 1. The molecule has 1 aliphatic carbocycles. The van der Waals surface area contributed by atoms with Gasteiger partial charge < -0.3 is 10.1 Å². The molecule has 2 unspecified atom stereocenters. The summed E-state index contributed by atoms with van der Waals surface area (Å²) in [7, 11) is 0. The Kier molecular flexibility index (Phi) is 5.45. The molecular weight excluding hydrogens is 349 g/mol. The van der Waals surface area contributed by atoms with Gasteiger partial charge in [0.15, 0.2) is 0 Å². The van der Waals surface area contributed by atoms with Gasteiger partial charge in [-0.05, 0) is 65.9 Å². The maximum Gasteiger partial charge on any atom is 0.127 e. The zero-order valence-electron chi connectivity index (χ0n) is 16.4. The molecule has 0 spiro atoms. The molecule has 3 heteroatoms. The standard InChI is InChI=1S/C25H26FNO/c1-17(2)27-25-16-19-5-3-4-6-23(19)24(25)15-18-7-11-21(12-8-18)28-22-13-9-20(26)10-14-22/h3-14,17,24-25,27H,15-16H2,1-2H3. The van der Waals surface area contributed by atoms with E-state index in [1.807, 2.05) is 12.1 Å². The summed E-state index contributed by atoms with van der Waals surface area (Å²) in [4.78, 5) is 0. The molecule has 0 fully saturated rings. The van der Waals surface area contributed by atoms with E-state index in [-0.39, 0.29) is 5.82 Å². The average Bonchev–Trinajstić information content (AvgIpc) is 3.02. The van der Waals surface area contributed by atoms with Gasteiger partial charge in [0.25, 0.3) is 0 Å². The summed E-state index contributed by atoms with van der Waals surface area (Å²) >= 11 is 0. The van der Waals surface area contributed by atoms with Crippen LogP contribution in [0.1, 0.15) is 36.5 Å². The molecule has 0 saturated carbocycles. The van der Waals surface area contributed by atoms with Gasteiger partial charge in [-0.25, -0.2) is 4.39 Å². The largest absolute Gasteiger partial charge is 0.457 e. The molecule has 2 atom stereocenters. The molecule has 1 N–H and O–H groups in total. The van der Waals surface area contributed by atoms with E-state index in [4.69, 9.17) is 4.74 Å². The summed E-state index contributed by atoms with van der Waals surface area (Å²) in [6.07, 6.45) is 2.09. The van der Waals surface area contributed by atoms with Crippen molar-refractivity contribution in [2.24, 2.45) is 0 Å². The quantitative estimate of drug-likeness (QED) is 0.582. The smallest absolute Gasteiger partial charge is 0.127 e. The van der Waals surface area contributed by atoms with Gasteiger partial charge >= 0.3 is 0 Å². The van der Waals surface area contributed by atoms with Gasteiger partial charge in [0.1, 0.15) is 17.3 Å². The number of benzene rings is 3. The first-order valence-corrected chi connectivity index (χ1v) is 9.94. The molecule has 2 nitrogen and oxygen atoms in total. The van der Waals surface area contributed by atoms with E-state index < -0.39 is 0 Å². The second-order valence-electron chi connectivity index (χ2n) is 7.84. The Morgan fingerprint density at radius 2 is 1.57 bits per heavy atom. The third kappa shape index (κ3) is 4.26. The van der Waals surface area contributed by atoms with Crippen LogP contribution in [0.2, 0.25) is 0 Å². The number of hydrogen-bond acceptors (Lipinski definition) is 2. The van der Waals surface area contributed by atoms with Crippen LogP contribution < -0.4 is 10.1 Å². The molecule has 3 aromatic carbocycles. The molecule has 0 radical (unpaired) electrons. The van der Waals surface area contributed by atoms with Crippen molar-refractivity contribution in [1.29, 1.82) is 0 Å². The maximum atomic E-state index is 13.0. The number of halogens is 1. The summed E-state index contributed by atoms with van der Waals surface area (Å²) in [6.45, 7) is 4.42. The van der Waals surface area contributed by atoms with Crippen LogP contribution >= 0.6 is 0 Å². The number of rotatable bonds is 6. The molecule has 0 aromatic heterocycles. The van der Waals surface area contributed by atoms with Gasteiger partial charge in [-0.3, -0.25) is 0 Å². The van der Waals surface area contributed by atoms with Crippen molar-refractivity contribution in [3.05, 3.63) is 95.3 Å². The molecule has 0 saturated heterocycles. The van der Waals surface area contributed by atoms with Crippen molar-refractivity contribution in [3.63, 3.8) is 0 Å². The van der Waals surface area contributed by atoms with Gasteiger partial charge in [-0.1, -0.05) is 50.2 Å². The second kappa shape index (κ2) is 8.15. The third-order valence-electron chi connectivity index (χ3n) is 5.36. The number of nitrogens with one attached hydrogen (secondary N) is 1. The third-order valence-corrected chi connectivity index (χ3v) is 5.36. The lowest BCUT2D eigenvalue weighted by Gasteiger charge is -2.24. The summed E-state index contributed by atoms with van der Waals surface area (Å²) in [6, 6.07) is 24.1. The predicted molar refractivity (Wildman–Crippen MR) is 112 cm³/mol. The van der Waals surface area contributed by atoms with E-state index in [2.05, 4.69) is 55.6 Å². The molecule has 1 aliphatic rings. The Morgan fingerprint density at radius 1 is 0.929 bits per heavy atom. The minimum absolute atomic E-state index is 0.260. The molecule has 3 aromatic rings. The van der Waals surface area contributed by atoms with E-state index in [1.54, 1.807) is 12.1 Å². The van der Waals surface area contributed by atoms with Crippen LogP contribution in [0, 0.1) is 5.82 Å². The predicted octanol–water partition coefficient (Wildman–Crippen LogP) is 5.87. The van der Waals surface area contributed by atoms with Crippen molar-refractivity contribution in [2.75, 3.05) is 0 Å². The number of ether oxygens (including phenoxy) is 1. The van der Waals surface area contributed by atoms with E-state index in [0.29, 0.717) is 23.8 Å². The number of fused-ring (bicyclic) bond motifs is 1. The van der Waals surface area contributed by atoms with Gasteiger partial charge in [0, 0.05) is 18.0 Å². The highest BCUT2D eigenvalue weighted by atomic mass is 19.1. The average molecular weight is 375 g/mol. The van der Waals surface area contributed by atoms with Gasteiger partial charge in [0.2, 0.25) is 0 Å². The Morgan fingerprint density at radius 3 is 2.25 bits per heavy atom. The minimum Gasteiger partial charge on any atom is -0.457 e. The fourth-order valence-corrected chi connectivity index (χ4v) is 4.12. The summed E-state index contributed by atoms with van der Waals surface area (Å²) in [5.74, 6) is 1.62. The highest BCUT2D eigenvalue weighted by Gasteiger charge is 2.32. The monoisotopic (exact) mass is 375 g/mol.